The Morgan fingerprint density at radius 2 is 1.89 bits per heavy atom. The number of ketones is 1. The second kappa shape index (κ2) is 8.35. The van der Waals surface area contributed by atoms with E-state index in [2.05, 4.69) is 47.6 Å². The number of aryl methyl sites for hydroxylation is 2. The van der Waals surface area contributed by atoms with E-state index >= 15 is 0 Å². The summed E-state index contributed by atoms with van der Waals surface area (Å²) in [7, 11) is 0. The van der Waals surface area contributed by atoms with Gasteiger partial charge in [-0.05, 0) is 79.6 Å². The molecule has 0 spiro atoms. The Kier molecular flexibility index (Phi) is 5.91. The largest absolute Gasteiger partial charge is 0.494 e. The Morgan fingerprint density at radius 3 is 2.56 bits per heavy atom. The zero-order valence-corrected chi connectivity index (χ0v) is 16.7. The Balaban J connectivity index is 1.87. The number of carbonyl (C=O) groups excluding carboxylic acids is 1. The SMILES string of the molecule is CCOc1ccc(C(C)=O)cc1CSc1nnnn1-c1cc(C)cc(C)c1. The van der Waals surface area contributed by atoms with Gasteiger partial charge in [0.25, 0.3) is 0 Å². The molecular weight excluding hydrogens is 360 g/mol. The van der Waals surface area contributed by atoms with Crippen LogP contribution in [0.3, 0.4) is 0 Å². The van der Waals surface area contributed by atoms with Crippen molar-refractivity contribution < 1.29 is 9.53 Å². The highest BCUT2D eigenvalue weighted by atomic mass is 32.2. The van der Waals surface area contributed by atoms with E-state index in [9.17, 15) is 4.79 Å². The van der Waals surface area contributed by atoms with E-state index in [0.717, 1.165) is 28.1 Å². The van der Waals surface area contributed by atoms with Gasteiger partial charge in [0, 0.05) is 16.9 Å². The van der Waals surface area contributed by atoms with Gasteiger partial charge in [-0.3, -0.25) is 4.79 Å². The summed E-state index contributed by atoms with van der Waals surface area (Å²) in [6.45, 7) is 8.17. The molecule has 140 valence electrons. The van der Waals surface area contributed by atoms with Gasteiger partial charge in [0.2, 0.25) is 5.16 Å². The minimum Gasteiger partial charge on any atom is -0.494 e. The minimum absolute atomic E-state index is 0.0318. The summed E-state index contributed by atoms with van der Waals surface area (Å²) in [5, 5.41) is 12.8. The van der Waals surface area contributed by atoms with Crippen molar-refractivity contribution in [1.82, 2.24) is 20.2 Å². The van der Waals surface area contributed by atoms with Crippen molar-refractivity contribution >= 4 is 17.5 Å². The van der Waals surface area contributed by atoms with Gasteiger partial charge in [0.1, 0.15) is 5.75 Å². The summed E-state index contributed by atoms with van der Waals surface area (Å²) < 4.78 is 7.44. The van der Waals surface area contributed by atoms with E-state index < -0.39 is 0 Å². The normalized spacial score (nSPS) is 10.8. The number of ether oxygens (including phenoxy) is 1. The van der Waals surface area contributed by atoms with Gasteiger partial charge in [0.05, 0.1) is 12.3 Å². The third-order valence-electron chi connectivity index (χ3n) is 4.02. The molecule has 0 bridgehead atoms. The predicted octanol–water partition coefficient (Wildman–Crippen LogP) is 4.17. The maximum absolute atomic E-state index is 11.7. The zero-order chi connectivity index (χ0) is 19.4. The van der Waals surface area contributed by atoms with Crippen LogP contribution in [-0.4, -0.2) is 32.6 Å². The molecule has 2 aromatic carbocycles. The average molecular weight is 382 g/mol. The Bertz CT molecular complexity index is 948. The van der Waals surface area contributed by atoms with Crippen molar-refractivity contribution in [3.05, 3.63) is 58.7 Å². The third kappa shape index (κ3) is 4.54. The summed E-state index contributed by atoms with van der Waals surface area (Å²) in [6, 6.07) is 11.7. The van der Waals surface area contributed by atoms with Gasteiger partial charge in [-0.25, -0.2) is 0 Å². The molecule has 0 saturated carbocycles. The fraction of sp³-hybridized carbons (Fsp3) is 0.300. The Hall–Kier alpha value is -2.67. The number of tetrazole rings is 1. The van der Waals surface area contributed by atoms with Crippen LogP contribution in [0.5, 0.6) is 5.75 Å². The minimum atomic E-state index is 0.0318. The number of aromatic nitrogens is 4. The second-order valence-electron chi connectivity index (χ2n) is 6.32. The molecule has 0 fully saturated rings. The monoisotopic (exact) mass is 382 g/mol. The Morgan fingerprint density at radius 1 is 1.15 bits per heavy atom. The van der Waals surface area contributed by atoms with E-state index in [1.54, 1.807) is 17.7 Å². The zero-order valence-electron chi connectivity index (χ0n) is 15.9. The molecule has 7 heteroatoms. The standard InChI is InChI=1S/C20H22N4O2S/c1-5-26-19-7-6-16(15(4)25)11-17(19)12-27-20-21-22-23-24(20)18-9-13(2)8-14(3)10-18/h6-11H,5,12H2,1-4H3. The number of nitrogens with zero attached hydrogens (tertiary/aromatic N) is 4. The van der Waals surface area contributed by atoms with Crippen LogP contribution in [0.4, 0.5) is 0 Å². The van der Waals surface area contributed by atoms with Crippen molar-refractivity contribution in [2.75, 3.05) is 6.61 Å². The molecule has 0 aliphatic heterocycles. The molecule has 6 nitrogen and oxygen atoms in total. The van der Waals surface area contributed by atoms with E-state index in [-0.39, 0.29) is 5.78 Å². The lowest BCUT2D eigenvalue weighted by atomic mass is 10.1. The summed E-state index contributed by atoms with van der Waals surface area (Å²) in [4.78, 5) is 11.7. The first-order valence-corrected chi connectivity index (χ1v) is 9.73. The highest BCUT2D eigenvalue weighted by Crippen LogP contribution is 2.29. The molecule has 3 aromatic rings. The summed E-state index contributed by atoms with van der Waals surface area (Å²) in [5.74, 6) is 1.41. The summed E-state index contributed by atoms with van der Waals surface area (Å²) >= 11 is 1.51. The number of rotatable bonds is 7. The molecule has 0 amide bonds. The van der Waals surface area contributed by atoms with Crippen LogP contribution in [0.15, 0.2) is 41.6 Å². The highest BCUT2D eigenvalue weighted by molar-refractivity contribution is 7.98. The van der Waals surface area contributed by atoms with E-state index in [1.807, 2.05) is 19.1 Å². The molecule has 1 aromatic heterocycles. The van der Waals surface area contributed by atoms with Gasteiger partial charge in [-0.15, -0.1) is 5.10 Å². The lowest BCUT2D eigenvalue weighted by molar-refractivity contribution is 0.101. The lowest BCUT2D eigenvalue weighted by Crippen LogP contribution is -2.02. The van der Waals surface area contributed by atoms with Gasteiger partial charge in [-0.1, -0.05) is 17.8 Å². The van der Waals surface area contributed by atoms with E-state index in [4.69, 9.17) is 4.74 Å². The number of benzene rings is 2. The summed E-state index contributed by atoms with van der Waals surface area (Å²) in [5.41, 5.74) is 4.86. The van der Waals surface area contributed by atoms with Gasteiger partial charge in [0.15, 0.2) is 5.78 Å². The molecule has 0 aliphatic rings. The van der Waals surface area contributed by atoms with E-state index in [0.29, 0.717) is 23.1 Å². The fourth-order valence-electron chi connectivity index (χ4n) is 2.85. The van der Waals surface area contributed by atoms with Crippen molar-refractivity contribution in [3.63, 3.8) is 0 Å². The van der Waals surface area contributed by atoms with Crippen molar-refractivity contribution in [2.45, 2.75) is 38.6 Å². The topological polar surface area (TPSA) is 69.9 Å². The van der Waals surface area contributed by atoms with Crippen LogP contribution in [0, 0.1) is 13.8 Å². The van der Waals surface area contributed by atoms with Gasteiger partial charge in [-0.2, -0.15) is 4.68 Å². The molecule has 0 atom stereocenters. The third-order valence-corrected chi connectivity index (χ3v) is 4.98. The maximum Gasteiger partial charge on any atom is 0.214 e. The molecule has 1 heterocycles. The van der Waals surface area contributed by atoms with Crippen molar-refractivity contribution in [1.29, 1.82) is 0 Å². The Labute approximate surface area is 162 Å². The second-order valence-corrected chi connectivity index (χ2v) is 7.26. The number of Topliss-reactive ketones (excluding diaryl/α,β-unsaturated/α-hetero) is 1. The molecular formula is C20H22N4O2S. The van der Waals surface area contributed by atoms with Crippen LogP contribution in [0.2, 0.25) is 0 Å². The maximum atomic E-state index is 11.7. The van der Waals surface area contributed by atoms with Crippen LogP contribution in [0.1, 0.15) is 40.9 Å². The van der Waals surface area contributed by atoms with Crippen LogP contribution < -0.4 is 4.74 Å². The molecule has 0 N–H and O–H groups in total. The van der Waals surface area contributed by atoms with Crippen LogP contribution >= 0.6 is 11.8 Å². The van der Waals surface area contributed by atoms with Crippen LogP contribution in [-0.2, 0) is 5.75 Å². The molecule has 0 unspecified atom stereocenters. The average Bonchev–Trinajstić information content (AvgIpc) is 3.08. The molecule has 0 aliphatic carbocycles. The highest BCUT2D eigenvalue weighted by Gasteiger charge is 2.13. The first kappa shape index (κ1) is 19.1. The number of hydrogen-bond acceptors (Lipinski definition) is 6. The van der Waals surface area contributed by atoms with E-state index in [1.165, 1.54) is 11.8 Å². The number of thioether (sulfide) groups is 1. The van der Waals surface area contributed by atoms with Crippen molar-refractivity contribution in [3.8, 4) is 11.4 Å². The molecule has 3 rings (SSSR count). The molecule has 0 radical (unpaired) electrons. The number of hydrogen-bond donors (Lipinski definition) is 0. The smallest absolute Gasteiger partial charge is 0.214 e. The van der Waals surface area contributed by atoms with Crippen LogP contribution in [0.25, 0.3) is 5.69 Å². The molecule has 27 heavy (non-hydrogen) atoms. The lowest BCUT2D eigenvalue weighted by Gasteiger charge is -2.11. The number of carbonyl (C=O) groups is 1. The fourth-order valence-corrected chi connectivity index (χ4v) is 3.72. The first-order chi connectivity index (χ1) is 13.0. The van der Waals surface area contributed by atoms with Gasteiger partial charge < -0.3 is 4.74 Å². The predicted molar refractivity (Wildman–Crippen MR) is 106 cm³/mol. The quantitative estimate of drug-likeness (QED) is 0.451. The van der Waals surface area contributed by atoms with Crippen molar-refractivity contribution in [2.24, 2.45) is 0 Å². The van der Waals surface area contributed by atoms with Gasteiger partial charge >= 0.3 is 0 Å². The molecule has 0 saturated heterocycles. The summed E-state index contributed by atoms with van der Waals surface area (Å²) in [6.07, 6.45) is 0. The first-order valence-electron chi connectivity index (χ1n) is 8.74.